The molecular weight excluding hydrogens is 356 g/mol. The summed E-state index contributed by atoms with van der Waals surface area (Å²) in [6.07, 6.45) is 1.79. The van der Waals surface area contributed by atoms with Crippen molar-refractivity contribution in [2.24, 2.45) is 0 Å². The zero-order chi connectivity index (χ0) is 18.7. The molecule has 9 heteroatoms. The average Bonchev–Trinajstić information content (AvgIpc) is 3.12. The minimum Gasteiger partial charge on any atom is -0.497 e. The Labute approximate surface area is 153 Å². The highest BCUT2D eigenvalue weighted by atomic mass is 32.2. The number of methoxy groups -OCH3 is 1. The quantitative estimate of drug-likeness (QED) is 0.386. The molecular formula is C17H14N4O4S. The van der Waals surface area contributed by atoms with E-state index in [9.17, 15) is 14.9 Å². The van der Waals surface area contributed by atoms with Crippen molar-refractivity contribution in [1.82, 2.24) is 14.8 Å². The van der Waals surface area contributed by atoms with Crippen molar-refractivity contribution in [2.45, 2.75) is 5.16 Å². The van der Waals surface area contributed by atoms with Crippen LogP contribution >= 0.6 is 11.8 Å². The molecule has 0 spiro atoms. The van der Waals surface area contributed by atoms with Crippen molar-refractivity contribution >= 4 is 23.4 Å². The van der Waals surface area contributed by atoms with Crippen LogP contribution in [0.5, 0.6) is 5.75 Å². The number of aromatic nitrogens is 3. The molecule has 0 bridgehead atoms. The molecule has 0 atom stereocenters. The summed E-state index contributed by atoms with van der Waals surface area (Å²) in [4.78, 5) is 27.3. The van der Waals surface area contributed by atoms with Crippen LogP contribution in [0.15, 0.2) is 53.7 Å². The Morgan fingerprint density at radius 3 is 2.35 bits per heavy atom. The van der Waals surface area contributed by atoms with Gasteiger partial charge in [-0.25, -0.2) is 4.98 Å². The molecule has 0 aliphatic rings. The Hall–Kier alpha value is -3.20. The largest absolute Gasteiger partial charge is 0.497 e. The van der Waals surface area contributed by atoms with Crippen LogP contribution < -0.4 is 4.74 Å². The fraction of sp³-hybridized carbons (Fsp3) is 0.118. The van der Waals surface area contributed by atoms with Crippen molar-refractivity contribution in [2.75, 3.05) is 13.4 Å². The summed E-state index contributed by atoms with van der Waals surface area (Å²) in [6, 6.07) is 12.6. The van der Waals surface area contributed by atoms with E-state index in [4.69, 9.17) is 4.74 Å². The maximum atomic E-state index is 12.7. The monoisotopic (exact) mass is 370 g/mol. The Morgan fingerprint density at radius 1 is 1.15 bits per heavy atom. The zero-order valence-corrected chi connectivity index (χ0v) is 14.8. The first-order valence-electron chi connectivity index (χ1n) is 7.48. The predicted octanol–water partition coefficient (Wildman–Crippen LogP) is 3.27. The van der Waals surface area contributed by atoms with Gasteiger partial charge in [0.25, 0.3) is 11.6 Å². The Kier molecular flexibility index (Phi) is 4.99. The average molecular weight is 370 g/mol. The van der Waals surface area contributed by atoms with Gasteiger partial charge in [-0.05, 0) is 42.7 Å². The third-order valence-corrected chi connectivity index (χ3v) is 4.26. The molecule has 0 amide bonds. The number of nitrogens with zero attached hydrogens (tertiary/aromatic N) is 4. The number of non-ortho nitro benzene ring substituents is 1. The molecule has 2 aromatic carbocycles. The molecule has 0 unspecified atom stereocenters. The van der Waals surface area contributed by atoms with E-state index >= 15 is 0 Å². The molecule has 1 heterocycles. The smallest absolute Gasteiger partial charge is 0.280 e. The minimum atomic E-state index is -0.515. The van der Waals surface area contributed by atoms with E-state index in [-0.39, 0.29) is 11.3 Å². The zero-order valence-electron chi connectivity index (χ0n) is 13.9. The summed E-state index contributed by atoms with van der Waals surface area (Å²) >= 11 is 1.29. The van der Waals surface area contributed by atoms with E-state index in [1.54, 1.807) is 37.6 Å². The maximum absolute atomic E-state index is 12.7. The molecule has 0 aliphatic carbocycles. The third kappa shape index (κ3) is 3.42. The highest BCUT2D eigenvalue weighted by Crippen LogP contribution is 2.23. The molecule has 1 aromatic heterocycles. The van der Waals surface area contributed by atoms with E-state index in [0.29, 0.717) is 16.7 Å². The van der Waals surface area contributed by atoms with Gasteiger partial charge in [-0.3, -0.25) is 14.9 Å². The third-order valence-electron chi connectivity index (χ3n) is 3.63. The van der Waals surface area contributed by atoms with Gasteiger partial charge in [-0.2, -0.15) is 4.68 Å². The summed E-state index contributed by atoms with van der Waals surface area (Å²) in [5.41, 5.74) is 0.956. The number of carbonyl (C=O) groups excluding carboxylic acids is 1. The van der Waals surface area contributed by atoms with Crippen LogP contribution in [0.3, 0.4) is 0 Å². The summed E-state index contributed by atoms with van der Waals surface area (Å²) in [5, 5.41) is 15.5. The van der Waals surface area contributed by atoms with E-state index in [0.717, 1.165) is 5.56 Å². The molecule has 0 saturated carbocycles. The van der Waals surface area contributed by atoms with Crippen LogP contribution in [0.1, 0.15) is 10.4 Å². The molecule has 0 radical (unpaired) electrons. The summed E-state index contributed by atoms with van der Waals surface area (Å²) in [6.45, 7) is 0. The van der Waals surface area contributed by atoms with Gasteiger partial charge >= 0.3 is 0 Å². The lowest BCUT2D eigenvalue weighted by Gasteiger charge is -2.02. The molecule has 132 valence electrons. The topological polar surface area (TPSA) is 100 Å². The van der Waals surface area contributed by atoms with Gasteiger partial charge in [0.1, 0.15) is 5.75 Å². The molecule has 3 aromatic rings. The van der Waals surface area contributed by atoms with Crippen molar-refractivity contribution < 1.29 is 14.5 Å². The number of ether oxygens (including phenoxy) is 1. The van der Waals surface area contributed by atoms with E-state index < -0.39 is 10.8 Å². The molecule has 0 aliphatic heterocycles. The Bertz CT molecular complexity index is 952. The van der Waals surface area contributed by atoms with Crippen LogP contribution in [-0.2, 0) is 0 Å². The fourth-order valence-corrected chi connectivity index (χ4v) is 2.75. The van der Waals surface area contributed by atoms with Crippen molar-refractivity contribution in [3.8, 4) is 17.1 Å². The number of hydrogen-bond donors (Lipinski definition) is 0. The van der Waals surface area contributed by atoms with Crippen molar-refractivity contribution in [3.05, 3.63) is 64.2 Å². The molecule has 8 nitrogen and oxygen atoms in total. The van der Waals surface area contributed by atoms with E-state index in [1.807, 2.05) is 0 Å². The number of thioether (sulfide) groups is 1. The van der Waals surface area contributed by atoms with E-state index in [2.05, 4.69) is 10.1 Å². The number of hydrogen-bond acceptors (Lipinski definition) is 7. The number of rotatable bonds is 5. The van der Waals surface area contributed by atoms with Crippen LogP contribution in [0.25, 0.3) is 11.4 Å². The fourth-order valence-electron chi connectivity index (χ4n) is 2.27. The van der Waals surface area contributed by atoms with Gasteiger partial charge in [0, 0.05) is 23.3 Å². The molecule has 26 heavy (non-hydrogen) atoms. The van der Waals surface area contributed by atoms with Gasteiger partial charge in [0.15, 0.2) is 11.0 Å². The van der Waals surface area contributed by atoms with Gasteiger partial charge < -0.3 is 4.74 Å². The van der Waals surface area contributed by atoms with Gasteiger partial charge in [-0.1, -0.05) is 11.8 Å². The Balaban J connectivity index is 1.94. The van der Waals surface area contributed by atoms with Gasteiger partial charge in [0.2, 0.25) is 0 Å². The number of nitro groups is 1. The second-order valence-corrected chi connectivity index (χ2v) is 5.94. The first kappa shape index (κ1) is 17.6. The highest BCUT2D eigenvalue weighted by Gasteiger charge is 2.19. The van der Waals surface area contributed by atoms with Crippen LogP contribution in [0, 0.1) is 10.1 Å². The number of carbonyl (C=O) groups is 1. The maximum Gasteiger partial charge on any atom is 0.280 e. The van der Waals surface area contributed by atoms with Crippen molar-refractivity contribution in [3.63, 3.8) is 0 Å². The first-order chi connectivity index (χ1) is 12.5. The van der Waals surface area contributed by atoms with Gasteiger partial charge in [-0.15, -0.1) is 5.10 Å². The standard InChI is InChI=1S/C17H14N4O4S/c1-25-14-9-5-11(6-10-14)15-18-17(26-2)20(19-15)16(22)12-3-7-13(8-4-12)21(23)24/h3-10H,1-2H3. The second kappa shape index (κ2) is 7.36. The number of benzene rings is 2. The molecule has 0 fully saturated rings. The highest BCUT2D eigenvalue weighted by molar-refractivity contribution is 7.98. The van der Waals surface area contributed by atoms with Crippen LogP contribution in [0.2, 0.25) is 0 Å². The molecule has 0 saturated heterocycles. The Morgan fingerprint density at radius 2 is 1.81 bits per heavy atom. The normalized spacial score (nSPS) is 10.5. The van der Waals surface area contributed by atoms with E-state index in [1.165, 1.54) is 40.7 Å². The van der Waals surface area contributed by atoms with Gasteiger partial charge in [0.05, 0.1) is 12.0 Å². The summed E-state index contributed by atoms with van der Waals surface area (Å²) in [5.74, 6) is 0.712. The van der Waals surface area contributed by atoms with Crippen molar-refractivity contribution in [1.29, 1.82) is 0 Å². The van der Waals surface area contributed by atoms with Crippen LogP contribution in [0.4, 0.5) is 5.69 Å². The predicted molar refractivity (Wildman–Crippen MR) is 96.6 cm³/mol. The summed E-state index contributed by atoms with van der Waals surface area (Å²) in [7, 11) is 1.58. The summed E-state index contributed by atoms with van der Waals surface area (Å²) < 4.78 is 6.33. The molecule has 3 rings (SSSR count). The second-order valence-electron chi connectivity index (χ2n) is 5.17. The lowest BCUT2D eigenvalue weighted by molar-refractivity contribution is -0.384. The lowest BCUT2D eigenvalue weighted by atomic mass is 10.2. The lowest BCUT2D eigenvalue weighted by Crippen LogP contribution is -2.14. The van der Waals surface area contributed by atoms with Crippen LogP contribution in [-0.4, -0.2) is 39.0 Å². The first-order valence-corrected chi connectivity index (χ1v) is 8.70. The molecule has 0 N–H and O–H groups in total. The SMILES string of the molecule is COc1ccc(-c2nc(SC)n(C(=O)c3ccc([N+](=O)[O-])cc3)n2)cc1. The minimum absolute atomic E-state index is 0.0795. The number of nitro benzene ring substituents is 1.